The van der Waals surface area contributed by atoms with Gasteiger partial charge < -0.3 is 30.2 Å². The van der Waals surface area contributed by atoms with E-state index in [0.717, 1.165) is 13.0 Å². The predicted molar refractivity (Wildman–Crippen MR) is 125 cm³/mol. The molecule has 9 heteroatoms. The smallest absolute Gasteiger partial charge is 0.306 e. The van der Waals surface area contributed by atoms with Crippen LogP contribution in [0.3, 0.4) is 0 Å². The molecule has 0 aliphatic rings. The molecule has 3 atom stereocenters. The molecule has 0 heterocycles. The lowest BCUT2D eigenvalue weighted by molar-refractivity contribution is -0.907. The Morgan fingerprint density at radius 1 is 1.03 bits per heavy atom. The number of hydrogen-bond donors (Lipinski definition) is 4. The van der Waals surface area contributed by atoms with Gasteiger partial charge in [0.2, 0.25) is 11.8 Å². The van der Waals surface area contributed by atoms with Gasteiger partial charge in [-0.2, -0.15) is 0 Å². The van der Waals surface area contributed by atoms with E-state index < -0.39 is 35.2 Å². The number of amides is 2. The Kier molecular flexibility index (Phi) is 11.8. The van der Waals surface area contributed by atoms with Gasteiger partial charge >= 0.3 is 5.97 Å². The quantitative estimate of drug-likeness (QED) is 0.199. The Bertz CT molecular complexity index is 628. The van der Waals surface area contributed by atoms with E-state index in [-0.39, 0.29) is 18.7 Å². The zero-order chi connectivity index (χ0) is 25.3. The van der Waals surface area contributed by atoms with Gasteiger partial charge in [0.05, 0.1) is 47.7 Å². The first-order chi connectivity index (χ1) is 14.4. The molecule has 0 fully saturated rings. The first kappa shape index (κ1) is 30.3. The predicted octanol–water partition coefficient (Wildman–Crippen LogP) is 0.655. The molecule has 0 spiro atoms. The van der Waals surface area contributed by atoms with Gasteiger partial charge in [-0.15, -0.1) is 0 Å². The normalized spacial score (nSPS) is 15.7. The number of carboxylic acid groups (broad SMARTS) is 1. The summed E-state index contributed by atoms with van der Waals surface area (Å²) in [7, 11) is 10.3. The molecule has 0 aromatic carbocycles. The van der Waals surface area contributed by atoms with Crippen LogP contribution in [0.1, 0.15) is 46.5 Å². The standard InChI is InChI=1S/C23H46N4O5/c1-9-17(20(24)29)13-18(21(30)31)14-23(2,3)22(32)25-11-10-12-27(7,8)16-19(28)15-26(4,5)6/h17-19,28H,9-16H2,1-8H3,(H2-2,24,25,29,30,31,32)/p+2. The molecule has 32 heavy (non-hydrogen) atoms. The minimum Gasteiger partial charge on any atom is -0.481 e. The molecule has 0 bridgehead atoms. The third-order valence-corrected chi connectivity index (χ3v) is 5.87. The van der Waals surface area contributed by atoms with Gasteiger partial charge in [0.1, 0.15) is 13.1 Å². The van der Waals surface area contributed by atoms with Crippen molar-refractivity contribution < 1.29 is 33.6 Å². The minimum atomic E-state index is -1.02. The van der Waals surface area contributed by atoms with E-state index in [9.17, 15) is 24.6 Å². The number of carboxylic acids is 1. The van der Waals surface area contributed by atoms with Crippen LogP contribution in [0.15, 0.2) is 0 Å². The summed E-state index contributed by atoms with van der Waals surface area (Å²) < 4.78 is 1.34. The van der Waals surface area contributed by atoms with Gasteiger partial charge in [-0.3, -0.25) is 14.4 Å². The largest absolute Gasteiger partial charge is 0.481 e. The summed E-state index contributed by atoms with van der Waals surface area (Å²) >= 11 is 0. The van der Waals surface area contributed by atoms with Crippen LogP contribution in [0.5, 0.6) is 0 Å². The highest BCUT2D eigenvalue weighted by atomic mass is 16.4. The van der Waals surface area contributed by atoms with Gasteiger partial charge in [0.15, 0.2) is 6.10 Å². The molecule has 0 saturated heterocycles. The summed E-state index contributed by atoms with van der Waals surface area (Å²) in [6.45, 7) is 7.83. The van der Waals surface area contributed by atoms with Gasteiger partial charge in [-0.25, -0.2) is 0 Å². The lowest BCUT2D eigenvalue weighted by Crippen LogP contribution is -2.52. The molecule has 9 nitrogen and oxygen atoms in total. The van der Waals surface area contributed by atoms with Crippen molar-refractivity contribution in [3.05, 3.63) is 0 Å². The van der Waals surface area contributed by atoms with Crippen molar-refractivity contribution >= 4 is 17.8 Å². The average Bonchev–Trinajstić information content (AvgIpc) is 2.59. The van der Waals surface area contributed by atoms with E-state index in [1.54, 1.807) is 20.8 Å². The minimum absolute atomic E-state index is 0.136. The number of nitrogens with zero attached hydrogens (tertiary/aromatic N) is 2. The van der Waals surface area contributed by atoms with Crippen molar-refractivity contribution in [1.82, 2.24) is 5.32 Å². The molecule has 0 aromatic rings. The monoisotopic (exact) mass is 460 g/mol. The third kappa shape index (κ3) is 12.4. The topological polar surface area (TPSA) is 130 Å². The first-order valence-electron chi connectivity index (χ1n) is 11.5. The van der Waals surface area contributed by atoms with Crippen molar-refractivity contribution in [2.45, 2.75) is 52.6 Å². The summed E-state index contributed by atoms with van der Waals surface area (Å²) in [5, 5.41) is 22.8. The molecule has 0 rings (SSSR count). The summed E-state index contributed by atoms with van der Waals surface area (Å²) in [6, 6.07) is 0. The number of carbonyl (C=O) groups excluding carboxylic acids is 2. The van der Waals surface area contributed by atoms with E-state index in [4.69, 9.17) is 5.73 Å². The third-order valence-electron chi connectivity index (χ3n) is 5.87. The number of carbonyl (C=O) groups is 3. The maximum atomic E-state index is 12.7. The lowest BCUT2D eigenvalue weighted by Gasteiger charge is -2.34. The fourth-order valence-electron chi connectivity index (χ4n) is 4.11. The molecule has 0 radical (unpaired) electrons. The van der Waals surface area contributed by atoms with E-state index in [0.29, 0.717) is 35.0 Å². The highest BCUT2D eigenvalue weighted by molar-refractivity contribution is 5.83. The number of aliphatic hydroxyl groups excluding tert-OH is 1. The van der Waals surface area contributed by atoms with E-state index in [2.05, 4.69) is 19.4 Å². The number of likely N-dealkylation sites (N-methyl/N-ethyl adjacent to an activating group) is 2. The molecule has 188 valence electrons. The van der Waals surface area contributed by atoms with Crippen LogP contribution < -0.4 is 11.1 Å². The summed E-state index contributed by atoms with van der Waals surface area (Å²) in [6.07, 6.45) is 1.09. The number of quaternary nitrogens is 2. The Labute approximate surface area is 194 Å². The maximum absolute atomic E-state index is 12.7. The molecule has 0 aliphatic carbocycles. The van der Waals surface area contributed by atoms with Crippen LogP contribution in [-0.4, -0.2) is 104 Å². The summed E-state index contributed by atoms with van der Waals surface area (Å²) in [4.78, 5) is 36.0. The van der Waals surface area contributed by atoms with Crippen LogP contribution in [0.25, 0.3) is 0 Å². The first-order valence-corrected chi connectivity index (χ1v) is 11.5. The van der Waals surface area contributed by atoms with Gasteiger partial charge in [-0.05, 0) is 19.3 Å². The summed E-state index contributed by atoms with van der Waals surface area (Å²) in [5.41, 5.74) is 4.48. The second-order valence-corrected chi connectivity index (χ2v) is 11.4. The Morgan fingerprint density at radius 2 is 1.59 bits per heavy atom. The van der Waals surface area contributed by atoms with E-state index in [1.165, 1.54) is 0 Å². The molecule has 5 N–H and O–H groups in total. The fourth-order valence-corrected chi connectivity index (χ4v) is 4.11. The molecule has 0 aliphatic heterocycles. The van der Waals surface area contributed by atoms with Crippen LogP contribution >= 0.6 is 0 Å². The zero-order valence-electron chi connectivity index (χ0n) is 21.5. The Morgan fingerprint density at radius 3 is 2.03 bits per heavy atom. The lowest BCUT2D eigenvalue weighted by atomic mass is 9.78. The van der Waals surface area contributed by atoms with Gasteiger partial charge in [0.25, 0.3) is 0 Å². The molecule has 0 saturated carbocycles. The number of aliphatic hydroxyl groups is 1. The number of nitrogens with one attached hydrogen (secondary N) is 1. The summed E-state index contributed by atoms with van der Waals surface area (Å²) in [5.74, 6) is -3.05. The maximum Gasteiger partial charge on any atom is 0.306 e. The number of aliphatic carboxylic acids is 1. The van der Waals surface area contributed by atoms with Crippen molar-refractivity contribution in [1.29, 1.82) is 0 Å². The zero-order valence-corrected chi connectivity index (χ0v) is 21.5. The fraction of sp³-hybridized carbons (Fsp3) is 0.870. The Hall–Kier alpha value is -1.71. The van der Waals surface area contributed by atoms with Crippen molar-refractivity contribution in [2.24, 2.45) is 23.0 Å². The van der Waals surface area contributed by atoms with Crippen LogP contribution in [0.2, 0.25) is 0 Å². The van der Waals surface area contributed by atoms with Crippen LogP contribution in [0, 0.1) is 17.3 Å². The van der Waals surface area contributed by atoms with E-state index in [1.807, 2.05) is 21.1 Å². The van der Waals surface area contributed by atoms with Crippen molar-refractivity contribution in [3.8, 4) is 0 Å². The van der Waals surface area contributed by atoms with Crippen LogP contribution in [-0.2, 0) is 14.4 Å². The second kappa shape index (κ2) is 12.5. The van der Waals surface area contributed by atoms with Gasteiger partial charge in [0, 0.05) is 24.3 Å². The average molecular weight is 461 g/mol. The van der Waals surface area contributed by atoms with Crippen LogP contribution in [0.4, 0.5) is 0 Å². The highest BCUT2D eigenvalue weighted by Crippen LogP contribution is 2.30. The molecule has 2 amide bonds. The number of nitrogens with two attached hydrogens (primary N) is 1. The SMILES string of the molecule is CCC(CC(CC(C)(C)C(=O)NCCC[N+](C)(C)CC(O)C[N+](C)(C)C)C(=O)O)C(N)=O. The van der Waals surface area contributed by atoms with Crippen molar-refractivity contribution in [3.63, 3.8) is 0 Å². The van der Waals surface area contributed by atoms with Crippen molar-refractivity contribution in [2.75, 3.05) is 61.4 Å². The number of rotatable bonds is 16. The molecule has 0 aromatic heterocycles. The Balaban J connectivity index is 4.69. The number of primary amides is 1. The van der Waals surface area contributed by atoms with E-state index >= 15 is 0 Å². The molecule has 3 unspecified atom stereocenters. The highest BCUT2D eigenvalue weighted by Gasteiger charge is 2.35. The number of hydrogen-bond acceptors (Lipinski definition) is 4. The second-order valence-electron chi connectivity index (χ2n) is 11.4. The van der Waals surface area contributed by atoms with Gasteiger partial charge in [-0.1, -0.05) is 20.8 Å². The molecular weight excluding hydrogens is 412 g/mol. The molecular formula is C23H48N4O5+2.